The molecule has 5 nitrogen and oxygen atoms in total. The van der Waals surface area contributed by atoms with Crippen molar-refractivity contribution in [2.45, 2.75) is 20.0 Å². The summed E-state index contributed by atoms with van der Waals surface area (Å²) in [6.45, 7) is 2.86. The van der Waals surface area contributed by atoms with Gasteiger partial charge in [0, 0.05) is 11.3 Å². The van der Waals surface area contributed by atoms with E-state index in [9.17, 15) is 14.0 Å². The highest BCUT2D eigenvalue weighted by molar-refractivity contribution is 5.92. The Morgan fingerprint density at radius 1 is 1.39 bits per heavy atom. The van der Waals surface area contributed by atoms with Gasteiger partial charge in [0.15, 0.2) is 6.10 Å². The van der Waals surface area contributed by atoms with Gasteiger partial charge < -0.3 is 15.2 Å². The monoisotopic (exact) mass is 255 g/mol. The molecule has 0 radical (unpaired) electrons. The molecular weight excluding hydrogens is 241 g/mol. The average Bonchev–Trinajstić information content (AvgIpc) is 2.33. The SMILES string of the molecule is COC(=O)C(C)OC(=O)c1cc(N)c(C)c(F)c1. The van der Waals surface area contributed by atoms with E-state index in [0.717, 1.165) is 6.07 Å². The van der Waals surface area contributed by atoms with Crippen molar-refractivity contribution in [2.24, 2.45) is 0 Å². The molecule has 0 spiro atoms. The number of rotatable bonds is 3. The van der Waals surface area contributed by atoms with E-state index < -0.39 is 23.9 Å². The van der Waals surface area contributed by atoms with E-state index in [1.165, 1.54) is 27.0 Å². The van der Waals surface area contributed by atoms with Gasteiger partial charge in [-0.2, -0.15) is 0 Å². The molecule has 0 aromatic heterocycles. The Morgan fingerprint density at radius 3 is 2.50 bits per heavy atom. The number of methoxy groups -OCH3 is 1. The molecule has 1 unspecified atom stereocenters. The third-order valence-electron chi connectivity index (χ3n) is 2.44. The maximum Gasteiger partial charge on any atom is 0.346 e. The number of ether oxygens (including phenoxy) is 2. The average molecular weight is 255 g/mol. The predicted molar refractivity (Wildman–Crippen MR) is 62.4 cm³/mol. The molecular formula is C12H14FNO4. The van der Waals surface area contributed by atoms with E-state index in [-0.39, 0.29) is 16.8 Å². The van der Waals surface area contributed by atoms with Crippen molar-refractivity contribution >= 4 is 17.6 Å². The third-order valence-corrected chi connectivity index (χ3v) is 2.44. The van der Waals surface area contributed by atoms with Gasteiger partial charge in [-0.15, -0.1) is 0 Å². The Hall–Kier alpha value is -2.11. The summed E-state index contributed by atoms with van der Waals surface area (Å²) in [5, 5.41) is 0. The molecule has 1 rings (SSSR count). The number of hydrogen-bond acceptors (Lipinski definition) is 5. The minimum Gasteiger partial charge on any atom is -0.466 e. The molecule has 2 N–H and O–H groups in total. The fourth-order valence-electron chi connectivity index (χ4n) is 1.26. The van der Waals surface area contributed by atoms with Gasteiger partial charge >= 0.3 is 11.9 Å². The molecule has 0 amide bonds. The first-order chi connectivity index (χ1) is 8.36. The fraction of sp³-hybridized carbons (Fsp3) is 0.333. The number of carbonyl (C=O) groups is 2. The van der Waals surface area contributed by atoms with Crippen LogP contribution in [0.25, 0.3) is 0 Å². The smallest absolute Gasteiger partial charge is 0.346 e. The van der Waals surface area contributed by atoms with Gasteiger partial charge in [0.2, 0.25) is 0 Å². The van der Waals surface area contributed by atoms with E-state index in [0.29, 0.717) is 0 Å². The van der Waals surface area contributed by atoms with E-state index in [1.807, 2.05) is 0 Å². The van der Waals surface area contributed by atoms with Gasteiger partial charge in [-0.05, 0) is 26.0 Å². The molecule has 0 heterocycles. The third kappa shape index (κ3) is 2.97. The van der Waals surface area contributed by atoms with E-state index >= 15 is 0 Å². The minimum absolute atomic E-state index is 0.0497. The van der Waals surface area contributed by atoms with Gasteiger partial charge in [0.05, 0.1) is 12.7 Å². The number of halogens is 1. The van der Waals surface area contributed by atoms with Crippen LogP contribution in [0, 0.1) is 12.7 Å². The van der Waals surface area contributed by atoms with Gasteiger partial charge in [0.1, 0.15) is 5.82 Å². The first-order valence-electron chi connectivity index (χ1n) is 5.21. The molecule has 0 bridgehead atoms. The van der Waals surface area contributed by atoms with Crippen LogP contribution in [0.3, 0.4) is 0 Å². The van der Waals surface area contributed by atoms with Gasteiger partial charge in [-0.25, -0.2) is 14.0 Å². The summed E-state index contributed by atoms with van der Waals surface area (Å²) in [6, 6.07) is 2.31. The molecule has 0 saturated heterocycles. The quantitative estimate of drug-likeness (QED) is 0.653. The largest absolute Gasteiger partial charge is 0.466 e. The topological polar surface area (TPSA) is 78.6 Å². The Balaban J connectivity index is 2.89. The molecule has 18 heavy (non-hydrogen) atoms. The van der Waals surface area contributed by atoms with Gasteiger partial charge in [0.25, 0.3) is 0 Å². The molecule has 0 aliphatic rings. The molecule has 98 valence electrons. The summed E-state index contributed by atoms with van der Waals surface area (Å²) in [5.41, 5.74) is 5.89. The zero-order chi connectivity index (χ0) is 13.9. The minimum atomic E-state index is -1.06. The highest BCUT2D eigenvalue weighted by Gasteiger charge is 2.20. The lowest BCUT2D eigenvalue weighted by Crippen LogP contribution is -2.25. The van der Waals surface area contributed by atoms with Crippen molar-refractivity contribution in [3.8, 4) is 0 Å². The number of carbonyl (C=O) groups excluding carboxylic acids is 2. The lowest BCUT2D eigenvalue weighted by atomic mass is 10.1. The lowest BCUT2D eigenvalue weighted by molar-refractivity contribution is -0.149. The Labute approximate surface area is 104 Å². The van der Waals surface area contributed by atoms with Crippen LogP contribution < -0.4 is 5.73 Å². The summed E-state index contributed by atoms with van der Waals surface area (Å²) >= 11 is 0. The van der Waals surface area contributed by atoms with Crippen LogP contribution in [-0.4, -0.2) is 25.2 Å². The highest BCUT2D eigenvalue weighted by atomic mass is 19.1. The molecule has 1 aromatic carbocycles. The number of benzene rings is 1. The van der Waals surface area contributed by atoms with Crippen molar-refractivity contribution in [1.82, 2.24) is 0 Å². The predicted octanol–water partition coefficient (Wildman–Crippen LogP) is 1.43. The van der Waals surface area contributed by atoms with Crippen molar-refractivity contribution in [3.63, 3.8) is 0 Å². The van der Waals surface area contributed by atoms with Crippen LogP contribution in [0.5, 0.6) is 0 Å². The van der Waals surface area contributed by atoms with Crippen LogP contribution >= 0.6 is 0 Å². The van der Waals surface area contributed by atoms with Crippen molar-refractivity contribution < 1.29 is 23.5 Å². The van der Waals surface area contributed by atoms with Gasteiger partial charge in [-0.1, -0.05) is 0 Å². The Bertz CT molecular complexity index is 464. The molecule has 0 aliphatic heterocycles. The fourth-order valence-corrected chi connectivity index (χ4v) is 1.26. The Morgan fingerprint density at radius 2 is 2.00 bits per heavy atom. The summed E-state index contributed by atoms with van der Waals surface area (Å²) in [5.74, 6) is -2.13. The maximum atomic E-state index is 13.4. The van der Waals surface area contributed by atoms with Crippen molar-refractivity contribution in [1.29, 1.82) is 0 Å². The van der Waals surface area contributed by atoms with Crippen LogP contribution in [0.1, 0.15) is 22.8 Å². The first kappa shape index (κ1) is 14.0. The normalized spacial score (nSPS) is 11.8. The summed E-state index contributed by atoms with van der Waals surface area (Å²) in [4.78, 5) is 22.7. The summed E-state index contributed by atoms with van der Waals surface area (Å²) in [7, 11) is 1.18. The molecule has 0 saturated carbocycles. The number of nitrogens with two attached hydrogens (primary N) is 1. The second kappa shape index (κ2) is 5.48. The van der Waals surface area contributed by atoms with Crippen molar-refractivity contribution in [2.75, 3.05) is 12.8 Å². The van der Waals surface area contributed by atoms with Crippen LogP contribution in [0.2, 0.25) is 0 Å². The summed E-state index contributed by atoms with van der Waals surface area (Å²) in [6.07, 6.45) is -1.06. The molecule has 6 heteroatoms. The second-order valence-corrected chi connectivity index (χ2v) is 3.74. The Kier molecular flexibility index (Phi) is 4.25. The molecule has 1 aromatic rings. The second-order valence-electron chi connectivity index (χ2n) is 3.74. The van der Waals surface area contributed by atoms with Gasteiger partial charge in [-0.3, -0.25) is 0 Å². The van der Waals surface area contributed by atoms with E-state index in [1.54, 1.807) is 0 Å². The van der Waals surface area contributed by atoms with Crippen LogP contribution in [0.4, 0.5) is 10.1 Å². The molecule has 0 aliphatic carbocycles. The number of anilines is 1. The van der Waals surface area contributed by atoms with Crippen LogP contribution in [0.15, 0.2) is 12.1 Å². The summed E-state index contributed by atoms with van der Waals surface area (Å²) < 4.78 is 22.6. The first-order valence-corrected chi connectivity index (χ1v) is 5.21. The van der Waals surface area contributed by atoms with Crippen LogP contribution in [-0.2, 0) is 14.3 Å². The van der Waals surface area contributed by atoms with E-state index in [2.05, 4.69) is 4.74 Å². The molecule has 1 atom stereocenters. The maximum absolute atomic E-state index is 13.4. The van der Waals surface area contributed by atoms with E-state index in [4.69, 9.17) is 10.5 Å². The zero-order valence-electron chi connectivity index (χ0n) is 10.3. The number of hydrogen-bond donors (Lipinski definition) is 1. The highest BCUT2D eigenvalue weighted by Crippen LogP contribution is 2.18. The lowest BCUT2D eigenvalue weighted by Gasteiger charge is -2.11. The number of nitrogen functional groups attached to an aromatic ring is 1. The zero-order valence-corrected chi connectivity index (χ0v) is 10.3. The number of esters is 2. The van der Waals surface area contributed by atoms with Crippen molar-refractivity contribution in [3.05, 3.63) is 29.1 Å². The standard InChI is InChI=1S/C12H14FNO4/c1-6-9(13)4-8(5-10(6)14)12(16)18-7(2)11(15)17-3/h4-5,7H,14H2,1-3H3. The molecule has 0 fully saturated rings.